The van der Waals surface area contributed by atoms with Crippen LogP contribution >= 0.6 is 11.8 Å². The molecule has 0 spiro atoms. The number of carbonyl (C=O) groups is 1. The Morgan fingerprint density at radius 3 is 2.18 bits per heavy atom. The minimum absolute atomic E-state index is 0.0225. The highest BCUT2D eigenvalue weighted by molar-refractivity contribution is 7.99. The number of rotatable bonds is 5. The van der Waals surface area contributed by atoms with Gasteiger partial charge in [0, 0.05) is 15.8 Å². The summed E-state index contributed by atoms with van der Waals surface area (Å²) in [6.45, 7) is 8.42. The van der Waals surface area contributed by atoms with Crippen LogP contribution in [0.5, 0.6) is 0 Å². The molecule has 3 heteroatoms. The molecule has 0 saturated carbocycles. The van der Waals surface area contributed by atoms with Crippen LogP contribution in [0.1, 0.15) is 30.5 Å². The van der Waals surface area contributed by atoms with E-state index in [2.05, 4.69) is 37.4 Å². The monoisotopic (exact) mass is 313 g/mol. The van der Waals surface area contributed by atoms with E-state index in [1.807, 2.05) is 49.9 Å². The second kappa shape index (κ2) is 7.50. The van der Waals surface area contributed by atoms with Gasteiger partial charge in [-0.15, -0.1) is 11.8 Å². The van der Waals surface area contributed by atoms with Crippen molar-refractivity contribution in [2.75, 3.05) is 5.32 Å². The van der Waals surface area contributed by atoms with Gasteiger partial charge in [0.05, 0.1) is 6.42 Å². The first-order valence-corrected chi connectivity index (χ1v) is 8.44. The van der Waals surface area contributed by atoms with Crippen molar-refractivity contribution in [1.29, 1.82) is 0 Å². The van der Waals surface area contributed by atoms with E-state index < -0.39 is 0 Å². The fourth-order valence-corrected chi connectivity index (χ4v) is 3.23. The minimum atomic E-state index is 0.0225. The summed E-state index contributed by atoms with van der Waals surface area (Å²) >= 11 is 1.83. The number of anilines is 1. The molecular weight excluding hydrogens is 290 g/mol. The second-order valence-corrected chi connectivity index (χ2v) is 7.56. The predicted molar refractivity (Wildman–Crippen MR) is 95.7 cm³/mol. The molecule has 116 valence electrons. The molecule has 2 rings (SSSR count). The molecule has 0 aliphatic carbocycles. The molecule has 2 aromatic carbocycles. The maximum atomic E-state index is 12.2. The average Bonchev–Trinajstić information content (AvgIpc) is 2.39. The minimum Gasteiger partial charge on any atom is -0.326 e. The highest BCUT2D eigenvalue weighted by Crippen LogP contribution is 2.23. The van der Waals surface area contributed by atoms with Crippen molar-refractivity contribution >= 4 is 23.4 Å². The topological polar surface area (TPSA) is 29.1 Å². The molecule has 0 bridgehead atoms. The van der Waals surface area contributed by atoms with E-state index in [9.17, 15) is 4.79 Å². The lowest BCUT2D eigenvalue weighted by Crippen LogP contribution is -2.14. The number of hydrogen-bond acceptors (Lipinski definition) is 2. The third-order valence-electron chi connectivity index (χ3n) is 3.17. The van der Waals surface area contributed by atoms with Crippen LogP contribution in [0.25, 0.3) is 0 Å². The number of aryl methyl sites for hydroxylation is 2. The molecule has 0 aliphatic heterocycles. The van der Waals surface area contributed by atoms with Crippen LogP contribution in [0.15, 0.2) is 47.4 Å². The maximum Gasteiger partial charge on any atom is 0.228 e. The van der Waals surface area contributed by atoms with Crippen molar-refractivity contribution in [3.05, 3.63) is 59.2 Å². The third-order valence-corrected chi connectivity index (χ3v) is 4.18. The van der Waals surface area contributed by atoms with Crippen molar-refractivity contribution in [2.24, 2.45) is 0 Å². The number of thioether (sulfide) groups is 1. The number of nitrogens with one attached hydrogen (secondary N) is 1. The fraction of sp³-hybridized carbons (Fsp3) is 0.316. The lowest BCUT2D eigenvalue weighted by molar-refractivity contribution is -0.115. The summed E-state index contributed by atoms with van der Waals surface area (Å²) in [6, 6.07) is 14.3. The SMILES string of the molecule is Cc1cc(C)cc(NC(=O)Cc2ccc(SC(C)C)cc2)c1. The van der Waals surface area contributed by atoms with E-state index in [-0.39, 0.29) is 5.91 Å². The van der Waals surface area contributed by atoms with Crippen LogP contribution in [0, 0.1) is 13.8 Å². The smallest absolute Gasteiger partial charge is 0.228 e. The second-order valence-electron chi connectivity index (χ2n) is 5.91. The van der Waals surface area contributed by atoms with Crippen LogP contribution in [0.3, 0.4) is 0 Å². The Hall–Kier alpha value is -1.74. The van der Waals surface area contributed by atoms with Gasteiger partial charge in [0.2, 0.25) is 5.91 Å². The largest absolute Gasteiger partial charge is 0.326 e. The molecule has 1 amide bonds. The molecule has 0 heterocycles. The molecule has 0 fully saturated rings. The van der Waals surface area contributed by atoms with Gasteiger partial charge in [0.15, 0.2) is 0 Å². The first-order valence-electron chi connectivity index (χ1n) is 7.56. The first-order chi connectivity index (χ1) is 10.4. The van der Waals surface area contributed by atoms with E-state index >= 15 is 0 Å². The number of benzene rings is 2. The van der Waals surface area contributed by atoms with E-state index in [0.717, 1.165) is 22.4 Å². The molecule has 0 aromatic heterocycles. The molecule has 0 aliphatic rings. The van der Waals surface area contributed by atoms with Crippen molar-refractivity contribution < 1.29 is 4.79 Å². The van der Waals surface area contributed by atoms with Gasteiger partial charge in [-0.05, 0) is 54.8 Å². The Labute approximate surface area is 137 Å². The van der Waals surface area contributed by atoms with Gasteiger partial charge in [0.25, 0.3) is 0 Å². The van der Waals surface area contributed by atoms with E-state index in [0.29, 0.717) is 11.7 Å². The molecule has 2 aromatic rings. The molecule has 22 heavy (non-hydrogen) atoms. The van der Waals surface area contributed by atoms with Gasteiger partial charge in [-0.2, -0.15) is 0 Å². The summed E-state index contributed by atoms with van der Waals surface area (Å²) in [5.41, 5.74) is 4.22. The summed E-state index contributed by atoms with van der Waals surface area (Å²) in [6.07, 6.45) is 0.402. The average molecular weight is 313 g/mol. The zero-order valence-corrected chi connectivity index (χ0v) is 14.5. The lowest BCUT2D eigenvalue weighted by Gasteiger charge is -2.09. The predicted octanol–water partition coefficient (Wildman–Crippen LogP) is 4.99. The van der Waals surface area contributed by atoms with Crippen LogP contribution in [0.2, 0.25) is 0 Å². The third kappa shape index (κ3) is 5.23. The summed E-state index contributed by atoms with van der Waals surface area (Å²) in [4.78, 5) is 13.4. The number of amides is 1. The Balaban J connectivity index is 1.96. The number of carbonyl (C=O) groups excluding carboxylic acids is 1. The zero-order valence-electron chi connectivity index (χ0n) is 13.6. The lowest BCUT2D eigenvalue weighted by atomic mass is 10.1. The van der Waals surface area contributed by atoms with Gasteiger partial charge in [0.1, 0.15) is 0 Å². The van der Waals surface area contributed by atoms with Gasteiger partial charge < -0.3 is 5.32 Å². The molecule has 0 unspecified atom stereocenters. The Morgan fingerprint density at radius 2 is 1.64 bits per heavy atom. The van der Waals surface area contributed by atoms with Crippen LogP contribution in [0.4, 0.5) is 5.69 Å². The van der Waals surface area contributed by atoms with E-state index in [1.54, 1.807) is 0 Å². The molecular formula is C19H23NOS. The van der Waals surface area contributed by atoms with Gasteiger partial charge in [-0.25, -0.2) is 0 Å². The van der Waals surface area contributed by atoms with Crippen molar-refractivity contribution in [1.82, 2.24) is 0 Å². The Bertz CT molecular complexity index is 627. The molecule has 0 atom stereocenters. The Morgan fingerprint density at radius 1 is 1.05 bits per heavy atom. The van der Waals surface area contributed by atoms with E-state index in [1.165, 1.54) is 4.90 Å². The van der Waals surface area contributed by atoms with E-state index in [4.69, 9.17) is 0 Å². The molecule has 0 radical (unpaired) electrons. The summed E-state index contributed by atoms with van der Waals surface area (Å²) < 4.78 is 0. The normalized spacial score (nSPS) is 10.8. The van der Waals surface area contributed by atoms with Crippen molar-refractivity contribution in [3.63, 3.8) is 0 Å². The zero-order chi connectivity index (χ0) is 16.1. The standard InChI is InChI=1S/C19H23NOS/c1-13(2)22-18-7-5-16(6-8-18)12-19(21)20-17-10-14(3)9-15(4)11-17/h5-11,13H,12H2,1-4H3,(H,20,21). The summed E-state index contributed by atoms with van der Waals surface area (Å²) in [7, 11) is 0. The first kappa shape index (κ1) is 16.6. The van der Waals surface area contributed by atoms with Crippen LogP contribution < -0.4 is 5.32 Å². The summed E-state index contributed by atoms with van der Waals surface area (Å²) in [5.74, 6) is 0.0225. The molecule has 0 saturated heterocycles. The quantitative estimate of drug-likeness (QED) is 0.788. The van der Waals surface area contributed by atoms with Crippen LogP contribution in [-0.4, -0.2) is 11.2 Å². The number of hydrogen-bond donors (Lipinski definition) is 1. The molecule has 2 nitrogen and oxygen atoms in total. The molecule has 1 N–H and O–H groups in total. The fourth-order valence-electron chi connectivity index (χ4n) is 2.40. The van der Waals surface area contributed by atoms with Crippen molar-refractivity contribution in [3.8, 4) is 0 Å². The summed E-state index contributed by atoms with van der Waals surface area (Å²) in [5, 5.41) is 3.54. The highest BCUT2D eigenvalue weighted by atomic mass is 32.2. The van der Waals surface area contributed by atoms with Gasteiger partial charge >= 0.3 is 0 Å². The van der Waals surface area contributed by atoms with Crippen molar-refractivity contribution in [2.45, 2.75) is 44.3 Å². The maximum absolute atomic E-state index is 12.2. The highest BCUT2D eigenvalue weighted by Gasteiger charge is 2.06. The Kier molecular flexibility index (Phi) is 5.67. The van der Waals surface area contributed by atoms with Gasteiger partial charge in [-0.1, -0.05) is 32.0 Å². The van der Waals surface area contributed by atoms with Crippen LogP contribution in [-0.2, 0) is 11.2 Å². The van der Waals surface area contributed by atoms with Gasteiger partial charge in [-0.3, -0.25) is 4.79 Å².